The Morgan fingerprint density at radius 3 is 2.36 bits per heavy atom. The molecule has 0 saturated heterocycles. The second-order valence-corrected chi connectivity index (χ2v) is 3.93. The molecule has 0 rings (SSSR count). The fourth-order valence-corrected chi connectivity index (χ4v) is 1.19. The first-order valence-corrected chi connectivity index (χ1v) is 5.05. The van der Waals surface area contributed by atoms with Crippen LogP contribution in [0.1, 0.15) is 52.9 Å². The van der Waals surface area contributed by atoms with Gasteiger partial charge in [0.05, 0.1) is 5.38 Å². The van der Waals surface area contributed by atoms with E-state index >= 15 is 0 Å². The zero-order valence-electron chi connectivity index (χ0n) is 7.99. The fourth-order valence-electron chi connectivity index (χ4n) is 1.08. The molecule has 0 saturated carbocycles. The zero-order chi connectivity index (χ0) is 8.69. The summed E-state index contributed by atoms with van der Waals surface area (Å²) in [5.41, 5.74) is 0. The van der Waals surface area contributed by atoms with E-state index in [1.54, 1.807) is 0 Å². The van der Waals surface area contributed by atoms with E-state index in [0.717, 1.165) is 5.38 Å². The number of hydrogen-bond donors (Lipinski definition) is 0. The maximum atomic E-state index is 5.86. The van der Waals surface area contributed by atoms with Crippen LogP contribution in [0.15, 0.2) is 0 Å². The van der Waals surface area contributed by atoms with Gasteiger partial charge in [-0.05, 0) is 19.3 Å². The maximum Gasteiger partial charge on any atom is 0.0635 e. The molecule has 0 aromatic carbocycles. The molecule has 0 aromatic rings. The summed E-state index contributed by atoms with van der Waals surface area (Å²) in [7, 11) is 0. The molecule has 0 bridgehead atoms. The van der Waals surface area contributed by atoms with Crippen LogP contribution >= 0.6 is 11.6 Å². The zero-order valence-corrected chi connectivity index (χ0v) is 8.75. The van der Waals surface area contributed by atoms with E-state index in [2.05, 4.69) is 13.8 Å². The van der Waals surface area contributed by atoms with Crippen LogP contribution < -0.4 is 0 Å². The average molecular weight is 176 g/mol. The summed E-state index contributed by atoms with van der Waals surface area (Å²) in [6, 6.07) is 0. The van der Waals surface area contributed by atoms with Crippen LogP contribution in [0.4, 0.5) is 0 Å². The third-order valence-corrected chi connectivity index (χ3v) is 2.54. The number of hydrogen-bond acceptors (Lipinski definition) is 0. The molecule has 1 radical (unpaired) electrons. The Morgan fingerprint density at radius 2 is 1.91 bits per heavy atom. The Hall–Kier alpha value is 0.290. The molecule has 1 heteroatoms. The van der Waals surface area contributed by atoms with E-state index in [0.29, 0.717) is 5.92 Å². The summed E-state index contributed by atoms with van der Waals surface area (Å²) in [5.74, 6) is 0.605. The minimum Gasteiger partial charge on any atom is -0.117 e. The van der Waals surface area contributed by atoms with Gasteiger partial charge < -0.3 is 0 Å². The maximum absolute atomic E-state index is 5.86. The highest BCUT2D eigenvalue weighted by molar-refractivity contribution is 6.26. The molecular formula is C10H20Cl. The number of unbranched alkanes of at least 4 members (excludes halogenated alkanes) is 3. The van der Waals surface area contributed by atoms with Gasteiger partial charge in [0.15, 0.2) is 0 Å². The molecule has 0 heterocycles. The van der Waals surface area contributed by atoms with E-state index in [1.165, 1.54) is 32.1 Å². The first kappa shape index (κ1) is 11.3. The lowest BCUT2D eigenvalue weighted by Gasteiger charge is -2.11. The molecular weight excluding hydrogens is 156 g/mol. The van der Waals surface area contributed by atoms with Crippen molar-refractivity contribution in [1.29, 1.82) is 0 Å². The van der Waals surface area contributed by atoms with Crippen LogP contribution in [0.3, 0.4) is 0 Å². The second kappa shape index (κ2) is 6.97. The van der Waals surface area contributed by atoms with Crippen LogP contribution in [0, 0.1) is 11.3 Å². The van der Waals surface area contributed by atoms with Crippen molar-refractivity contribution in [3.63, 3.8) is 0 Å². The van der Waals surface area contributed by atoms with Crippen molar-refractivity contribution in [2.24, 2.45) is 5.92 Å². The van der Waals surface area contributed by atoms with Crippen LogP contribution in [0.5, 0.6) is 0 Å². The predicted octanol–water partition coefficient (Wildman–Crippen LogP) is 4.38. The van der Waals surface area contributed by atoms with Crippen molar-refractivity contribution in [2.75, 3.05) is 0 Å². The molecule has 0 amide bonds. The molecule has 0 spiro atoms. The number of rotatable bonds is 6. The largest absolute Gasteiger partial charge is 0.117 e. The fraction of sp³-hybridized carbons (Fsp3) is 0.900. The van der Waals surface area contributed by atoms with Crippen molar-refractivity contribution < 1.29 is 0 Å². The molecule has 0 aromatic heterocycles. The molecule has 0 aliphatic carbocycles. The minimum absolute atomic E-state index is 0.605. The van der Waals surface area contributed by atoms with Crippen molar-refractivity contribution in [3.8, 4) is 0 Å². The van der Waals surface area contributed by atoms with Gasteiger partial charge in [-0.1, -0.05) is 39.5 Å². The van der Waals surface area contributed by atoms with Crippen molar-refractivity contribution in [1.82, 2.24) is 0 Å². The van der Waals surface area contributed by atoms with Gasteiger partial charge in [0.2, 0.25) is 0 Å². The molecule has 0 fully saturated rings. The average Bonchev–Trinajstić information content (AvgIpc) is 1.97. The first-order valence-electron chi connectivity index (χ1n) is 4.67. The predicted molar refractivity (Wildman–Crippen MR) is 52.7 cm³/mol. The molecule has 0 aliphatic heterocycles. The summed E-state index contributed by atoms with van der Waals surface area (Å²) < 4.78 is 0. The Kier molecular flexibility index (Phi) is 7.15. The molecule has 0 nitrogen and oxygen atoms in total. The lowest BCUT2D eigenvalue weighted by molar-refractivity contribution is 0.528. The van der Waals surface area contributed by atoms with Crippen LogP contribution in [0.25, 0.3) is 0 Å². The topological polar surface area (TPSA) is 0 Å². The van der Waals surface area contributed by atoms with Gasteiger partial charge in [-0.25, -0.2) is 0 Å². The second-order valence-electron chi connectivity index (χ2n) is 3.34. The standard InChI is InChI=1S/C10H20Cl/c1-4-5-6-7-8-9(2)10(3)11/h9H,4-8H2,1-3H3. The third kappa shape index (κ3) is 6.68. The van der Waals surface area contributed by atoms with Gasteiger partial charge in [-0.3, -0.25) is 0 Å². The highest BCUT2D eigenvalue weighted by Gasteiger charge is 2.08. The molecule has 0 N–H and O–H groups in total. The van der Waals surface area contributed by atoms with Gasteiger partial charge in [-0.15, -0.1) is 11.6 Å². The van der Waals surface area contributed by atoms with E-state index in [4.69, 9.17) is 11.6 Å². The Balaban J connectivity index is 3.10. The highest BCUT2D eigenvalue weighted by atomic mass is 35.5. The molecule has 1 unspecified atom stereocenters. The monoisotopic (exact) mass is 175 g/mol. The van der Waals surface area contributed by atoms with Gasteiger partial charge in [0.1, 0.15) is 0 Å². The van der Waals surface area contributed by atoms with Crippen molar-refractivity contribution >= 4 is 11.6 Å². The lowest BCUT2D eigenvalue weighted by Crippen LogP contribution is -1.98. The number of halogens is 1. The molecule has 67 valence electrons. The van der Waals surface area contributed by atoms with Crippen molar-refractivity contribution in [2.45, 2.75) is 52.9 Å². The van der Waals surface area contributed by atoms with E-state index in [9.17, 15) is 0 Å². The quantitative estimate of drug-likeness (QED) is 0.526. The highest BCUT2D eigenvalue weighted by Crippen LogP contribution is 2.23. The van der Waals surface area contributed by atoms with Gasteiger partial charge in [0.25, 0.3) is 0 Å². The third-order valence-electron chi connectivity index (χ3n) is 2.17. The Bertz CT molecular complexity index is 78.9. The summed E-state index contributed by atoms with van der Waals surface area (Å²) in [4.78, 5) is 0. The van der Waals surface area contributed by atoms with E-state index in [1.807, 2.05) is 6.92 Å². The van der Waals surface area contributed by atoms with Gasteiger partial charge in [0, 0.05) is 0 Å². The molecule has 0 aliphatic rings. The summed E-state index contributed by atoms with van der Waals surface area (Å²) in [5, 5.41) is 1.06. The van der Waals surface area contributed by atoms with Gasteiger partial charge >= 0.3 is 0 Å². The van der Waals surface area contributed by atoms with Crippen LogP contribution in [0.2, 0.25) is 0 Å². The first-order chi connectivity index (χ1) is 5.18. The van der Waals surface area contributed by atoms with Crippen LogP contribution in [-0.4, -0.2) is 0 Å². The lowest BCUT2D eigenvalue weighted by atomic mass is 10.0. The Morgan fingerprint density at radius 1 is 1.27 bits per heavy atom. The molecule has 11 heavy (non-hydrogen) atoms. The molecule has 1 atom stereocenters. The Labute approximate surface area is 76.3 Å². The SMILES string of the molecule is CCCCCCC(C)[C](C)Cl. The van der Waals surface area contributed by atoms with E-state index in [-0.39, 0.29) is 0 Å². The smallest absolute Gasteiger partial charge is 0.0635 e. The van der Waals surface area contributed by atoms with E-state index < -0.39 is 0 Å². The van der Waals surface area contributed by atoms with Crippen LogP contribution in [-0.2, 0) is 0 Å². The normalized spacial score (nSPS) is 13.9. The minimum atomic E-state index is 0.605. The summed E-state index contributed by atoms with van der Waals surface area (Å²) in [6.45, 7) is 6.45. The summed E-state index contributed by atoms with van der Waals surface area (Å²) >= 11 is 5.86. The van der Waals surface area contributed by atoms with Crippen molar-refractivity contribution in [3.05, 3.63) is 5.38 Å². The summed E-state index contributed by atoms with van der Waals surface area (Å²) in [6.07, 6.45) is 6.64. The van der Waals surface area contributed by atoms with Gasteiger partial charge in [-0.2, -0.15) is 0 Å².